The monoisotopic (exact) mass is 355 g/mol. The Labute approximate surface area is 155 Å². The predicted octanol–water partition coefficient (Wildman–Crippen LogP) is 5.50. The molecule has 1 saturated heterocycles. The number of rotatable bonds is 10. The van der Waals surface area contributed by atoms with E-state index in [2.05, 4.69) is 32.6 Å². The molecule has 0 unspecified atom stereocenters. The molecular weight excluding hydrogens is 314 g/mol. The van der Waals surface area contributed by atoms with E-state index in [-0.39, 0.29) is 0 Å². The molecule has 0 atom stereocenters. The molecule has 1 heterocycles. The molecule has 4 heteroatoms. The molecule has 1 rings (SSSR count). The molecule has 0 aliphatic carbocycles. The quantitative estimate of drug-likeness (QED) is 0.562. The van der Waals surface area contributed by atoms with E-state index in [9.17, 15) is 9.59 Å². The summed E-state index contributed by atoms with van der Waals surface area (Å²) in [6, 6.07) is 0. The van der Waals surface area contributed by atoms with Gasteiger partial charge in [0.05, 0.1) is 0 Å². The van der Waals surface area contributed by atoms with E-state index in [4.69, 9.17) is 5.11 Å². The van der Waals surface area contributed by atoms with E-state index in [1.807, 2.05) is 0 Å². The minimum atomic E-state index is -0.674. The lowest BCUT2D eigenvalue weighted by atomic mass is 9.97. The summed E-state index contributed by atoms with van der Waals surface area (Å²) in [5.41, 5.74) is 0. The summed E-state index contributed by atoms with van der Waals surface area (Å²) in [6.45, 7) is 10.7. The molecule has 1 amide bonds. The van der Waals surface area contributed by atoms with E-state index >= 15 is 0 Å². The lowest BCUT2D eigenvalue weighted by Crippen LogP contribution is -2.35. The third-order valence-electron chi connectivity index (χ3n) is 5.55. The van der Waals surface area contributed by atoms with Gasteiger partial charge in [0.25, 0.3) is 0 Å². The maximum absolute atomic E-state index is 11.9. The van der Waals surface area contributed by atoms with E-state index in [1.165, 1.54) is 32.1 Å². The van der Waals surface area contributed by atoms with E-state index < -0.39 is 5.97 Å². The van der Waals surface area contributed by atoms with E-state index in [0.29, 0.717) is 18.2 Å². The number of carbonyl (C=O) groups excluding carboxylic acids is 1. The van der Waals surface area contributed by atoms with Crippen molar-refractivity contribution in [2.75, 3.05) is 13.1 Å². The van der Waals surface area contributed by atoms with Crippen LogP contribution in [-0.4, -0.2) is 35.0 Å². The van der Waals surface area contributed by atoms with Crippen molar-refractivity contribution >= 4 is 11.9 Å². The van der Waals surface area contributed by atoms with Crippen LogP contribution in [0.5, 0.6) is 0 Å². The molecule has 1 aliphatic rings. The Morgan fingerprint density at radius 2 is 1.24 bits per heavy atom. The van der Waals surface area contributed by atoms with Gasteiger partial charge in [-0.25, -0.2) is 0 Å². The first kappa shape index (κ1) is 23.9. The normalized spacial score (nSPS) is 14.4. The van der Waals surface area contributed by atoms with Gasteiger partial charge in [-0.05, 0) is 43.9 Å². The van der Waals surface area contributed by atoms with Crippen LogP contribution in [0.2, 0.25) is 0 Å². The molecule has 4 nitrogen and oxygen atoms in total. The fourth-order valence-electron chi connectivity index (χ4n) is 3.35. The third kappa shape index (κ3) is 12.0. The summed E-state index contributed by atoms with van der Waals surface area (Å²) in [5.74, 6) is 1.07. The Morgan fingerprint density at radius 3 is 1.64 bits per heavy atom. The number of aliphatic carboxylic acids is 1. The zero-order valence-electron chi connectivity index (χ0n) is 17.1. The molecule has 0 aromatic rings. The maximum atomic E-state index is 11.9. The molecule has 1 N–H and O–H groups in total. The molecule has 0 radical (unpaired) electrons. The van der Waals surface area contributed by atoms with Crippen LogP contribution in [-0.2, 0) is 9.59 Å². The summed E-state index contributed by atoms with van der Waals surface area (Å²) in [6.07, 6.45) is 11.4. The zero-order chi connectivity index (χ0) is 19.1. The summed E-state index contributed by atoms with van der Waals surface area (Å²) in [4.78, 5) is 24.1. The molecule has 0 aromatic carbocycles. The smallest absolute Gasteiger partial charge is 0.303 e. The van der Waals surface area contributed by atoms with Crippen molar-refractivity contribution in [1.29, 1.82) is 0 Å². The molecule has 0 saturated carbocycles. The number of likely N-dealkylation sites (tertiary alicyclic amines) is 1. The Bertz CT molecular complexity index is 343. The van der Waals surface area contributed by atoms with Crippen LogP contribution in [0.4, 0.5) is 0 Å². The highest BCUT2D eigenvalue weighted by Crippen LogP contribution is 2.17. The van der Waals surface area contributed by atoms with Crippen molar-refractivity contribution < 1.29 is 14.7 Å². The number of carboxylic acid groups (broad SMARTS) is 1. The standard InChI is InChI=1S/C13H25NO.C8H16O2/c1-3-12(4-2)8-9-13(15)14-10-6-5-7-11-14;1-3-7(4-2)5-6-8(9)10/h12H,3-11H2,1-2H3;7H,3-6H2,1-2H3,(H,9,10). The first-order valence-electron chi connectivity index (χ1n) is 10.5. The van der Waals surface area contributed by atoms with E-state index in [1.54, 1.807) is 0 Å². The van der Waals surface area contributed by atoms with Crippen LogP contribution in [0.15, 0.2) is 0 Å². The van der Waals surface area contributed by atoms with Gasteiger partial charge in [0.1, 0.15) is 0 Å². The number of hydrogen-bond acceptors (Lipinski definition) is 2. The minimum Gasteiger partial charge on any atom is -0.481 e. The van der Waals surface area contributed by atoms with Gasteiger partial charge < -0.3 is 10.0 Å². The van der Waals surface area contributed by atoms with Crippen LogP contribution in [0, 0.1) is 11.8 Å². The molecule has 1 aliphatic heterocycles. The van der Waals surface area contributed by atoms with Crippen molar-refractivity contribution in [2.45, 2.75) is 98.3 Å². The molecule has 148 valence electrons. The van der Waals surface area contributed by atoms with Gasteiger partial charge in [0.15, 0.2) is 0 Å². The number of nitrogens with zero attached hydrogens (tertiary/aromatic N) is 1. The Hall–Kier alpha value is -1.06. The predicted molar refractivity (Wildman–Crippen MR) is 105 cm³/mol. The molecular formula is C21H41NO3. The average Bonchev–Trinajstić information content (AvgIpc) is 2.64. The van der Waals surface area contributed by atoms with Crippen LogP contribution in [0.1, 0.15) is 98.3 Å². The summed E-state index contributed by atoms with van der Waals surface area (Å²) >= 11 is 0. The number of carbonyl (C=O) groups is 2. The highest BCUT2D eigenvalue weighted by atomic mass is 16.4. The SMILES string of the molecule is CCC(CC)CCC(=O)N1CCCCC1.CCC(CC)CCC(=O)O. The Balaban J connectivity index is 0.000000504. The van der Waals surface area contributed by atoms with Gasteiger partial charge in [-0.1, -0.05) is 53.4 Å². The second-order valence-corrected chi connectivity index (χ2v) is 7.28. The Kier molecular flexibility index (Phi) is 14.6. The van der Waals surface area contributed by atoms with Crippen molar-refractivity contribution in [3.05, 3.63) is 0 Å². The molecule has 0 bridgehead atoms. The minimum absolute atomic E-state index is 0.326. The lowest BCUT2D eigenvalue weighted by molar-refractivity contribution is -0.137. The number of amides is 1. The summed E-state index contributed by atoms with van der Waals surface area (Å²) in [5, 5.41) is 8.35. The fourth-order valence-corrected chi connectivity index (χ4v) is 3.35. The van der Waals surface area contributed by atoms with Gasteiger partial charge in [0, 0.05) is 25.9 Å². The Morgan fingerprint density at radius 1 is 0.800 bits per heavy atom. The van der Waals surface area contributed by atoms with Crippen LogP contribution >= 0.6 is 0 Å². The van der Waals surface area contributed by atoms with Crippen molar-refractivity contribution in [3.63, 3.8) is 0 Å². The fraction of sp³-hybridized carbons (Fsp3) is 0.905. The molecule has 1 fully saturated rings. The highest BCUT2D eigenvalue weighted by molar-refractivity contribution is 5.76. The van der Waals surface area contributed by atoms with E-state index in [0.717, 1.165) is 51.1 Å². The largest absolute Gasteiger partial charge is 0.481 e. The second kappa shape index (κ2) is 15.2. The number of piperidine rings is 1. The first-order valence-corrected chi connectivity index (χ1v) is 10.5. The zero-order valence-corrected chi connectivity index (χ0v) is 17.1. The maximum Gasteiger partial charge on any atom is 0.303 e. The number of hydrogen-bond donors (Lipinski definition) is 1. The van der Waals surface area contributed by atoms with Gasteiger partial charge in [-0.15, -0.1) is 0 Å². The second-order valence-electron chi connectivity index (χ2n) is 7.28. The van der Waals surface area contributed by atoms with Crippen molar-refractivity contribution in [3.8, 4) is 0 Å². The summed E-state index contributed by atoms with van der Waals surface area (Å²) in [7, 11) is 0. The molecule has 0 spiro atoms. The lowest BCUT2D eigenvalue weighted by Gasteiger charge is -2.27. The van der Waals surface area contributed by atoms with Gasteiger partial charge in [-0.2, -0.15) is 0 Å². The van der Waals surface area contributed by atoms with Gasteiger partial charge >= 0.3 is 5.97 Å². The van der Waals surface area contributed by atoms with Crippen LogP contribution in [0.3, 0.4) is 0 Å². The molecule has 0 aromatic heterocycles. The molecule has 25 heavy (non-hydrogen) atoms. The first-order chi connectivity index (χ1) is 12.0. The van der Waals surface area contributed by atoms with Crippen molar-refractivity contribution in [1.82, 2.24) is 4.90 Å². The topological polar surface area (TPSA) is 57.6 Å². The van der Waals surface area contributed by atoms with Crippen LogP contribution in [0.25, 0.3) is 0 Å². The van der Waals surface area contributed by atoms with Gasteiger partial charge in [0.2, 0.25) is 5.91 Å². The summed E-state index contributed by atoms with van der Waals surface area (Å²) < 4.78 is 0. The van der Waals surface area contributed by atoms with Gasteiger partial charge in [-0.3, -0.25) is 9.59 Å². The van der Waals surface area contributed by atoms with Crippen LogP contribution < -0.4 is 0 Å². The highest BCUT2D eigenvalue weighted by Gasteiger charge is 2.17. The van der Waals surface area contributed by atoms with Crippen molar-refractivity contribution in [2.24, 2.45) is 11.8 Å². The number of carboxylic acids is 1. The average molecular weight is 356 g/mol. The third-order valence-corrected chi connectivity index (χ3v) is 5.55.